The molecule has 0 saturated heterocycles. The molecule has 0 saturated carbocycles. The molecule has 0 aliphatic heterocycles. The van der Waals surface area contributed by atoms with Crippen molar-refractivity contribution in [3.8, 4) is 0 Å². The van der Waals surface area contributed by atoms with Crippen LogP contribution < -0.4 is 11.1 Å². The van der Waals surface area contributed by atoms with Gasteiger partial charge in [-0.15, -0.1) is 0 Å². The minimum Gasteiger partial charge on any atom is -0.384 e. The second-order valence-corrected chi connectivity index (χ2v) is 4.30. The molecule has 1 unspecified atom stereocenters. The number of pyridine rings is 1. The van der Waals surface area contributed by atoms with E-state index in [0.717, 1.165) is 12.1 Å². The molecule has 3 N–H and O–H groups in total. The van der Waals surface area contributed by atoms with Gasteiger partial charge in [0, 0.05) is 32.3 Å². The maximum atomic E-state index is 11.4. The van der Waals surface area contributed by atoms with Crippen molar-refractivity contribution in [2.45, 2.75) is 13.5 Å². The summed E-state index contributed by atoms with van der Waals surface area (Å²) in [5.41, 5.74) is 6.61. The molecule has 0 bridgehead atoms. The van der Waals surface area contributed by atoms with Gasteiger partial charge in [0.25, 0.3) is 0 Å². The summed E-state index contributed by atoms with van der Waals surface area (Å²) in [5, 5.41) is 2.65. The van der Waals surface area contributed by atoms with Gasteiger partial charge in [-0.2, -0.15) is 0 Å². The molecule has 1 heterocycles. The van der Waals surface area contributed by atoms with E-state index >= 15 is 0 Å². The highest BCUT2D eigenvalue weighted by Crippen LogP contribution is 2.06. The number of hydrogen-bond donors (Lipinski definition) is 2. The maximum absolute atomic E-state index is 11.4. The first-order valence-corrected chi connectivity index (χ1v) is 5.63. The Morgan fingerprint density at radius 1 is 1.59 bits per heavy atom. The zero-order valence-electron chi connectivity index (χ0n) is 10.6. The fourth-order valence-electron chi connectivity index (χ4n) is 1.70. The van der Waals surface area contributed by atoms with Gasteiger partial charge in [-0.3, -0.25) is 4.79 Å². The SMILES string of the molecule is CNC(=O)C(C)CN(C)Cc1ccc(N)nc1. The molecule has 5 heteroatoms. The Morgan fingerprint density at radius 2 is 2.29 bits per heavy atom. The van der Waals surface area contributed by atoms with E-state index in [9.17, 15) is 4.79 Å². The normalized spacial score (nSPS) is 12.5. The molecule has 0 radical (unpaired) electrons. The van der Waals surface area contributed by atoms with Crippen molar-refractivity contribution in [2.24, 2.45) is 5.92 Å². The highest BCUT2D eigenvalue weighted by atomic mass is 16.1. The molecule has 0 fully saturated rings. The van der Waals surface area contributed by atoms with Crippen LogP contribution in [0.3, 0.4) is 0 Å². The summed E-state index contributed by atoms with van der Waals surface area (Å²) in [5.74, 6) is 0.564. The van der Waals surface area contributed by atoms with Crippen molar-refractivity contribution in [3.63, 3.8) is 0 Å². The van der Waals surface area contributed by atoms with Gasteiger partial charge >= 0.3 is 0 Å². The Hall–Kier alpha value is -1.62. The van der Waals surface area contributed by atoms with Gasteiger partial charge in [-0.05, 0) is 18.7 Å². The summed E-state index contributed by atoms with van der Waals surface area (Å²) < 4.78 is 0. The molecular formula is C12H20N4O. The average molecular weight is 236 g/mol. The summed E-state index contributed by atoms with van der Waals surface area (Å²) in [4.78, 5) is 17.5. The lowest BCUT2D eigenvalue weighted by atomic mass is 10.1. The highest BCUT2D eigenvalue weighted by molar-refractivity contribution is 5.78. The van der Waals surface area contributed by atoms with Gasteiger partial charge in [0.1, 0.15) is 5.82 Å². The predicted molar refractivity (Wildman–Crippen MR) is 68.2 cm³/mol. The van der Waals surface area contributed by atoms with E-state index in [1.807, 2.05) is 20.0 Å². The van der Waals surface area contributed by atoms with Crippen LogP contribution in [0.15, 0.2) is 18.3 Å². The Bertz CT molecular complexity index is 363. The third kappa shape index (κ3) is 4.40. The van der Waals surface area contributed by atoms with Crippen LogP contribution in [0.2, 0.25) is 0 Å². The van der Waals surface area contributed by atoms with Crippen LogP contribution in [-0.2, 0) is 11.3 Å². The number of rotatable bonds is 5. The highest BCUT2D eigenvalue weighted by Gasteiger charge is 2.13. The Morgan fingerprint density at radius 3 is 2.82 bits per heavy atom. The number of aromatic nitrogens is 1. The molecule has 5 nitrogen and oxygen atoms in total. The molecule has 1 amide bonds. The molecule has 1 aromatic heterocycles. The molecule has 17 heavy (non-hydrogen) atoms. The van der Waals surface area contributed by atoms with Crippen molar-refractivity contribution >= 4 is 11.7 Å². The lowest BCUT2D eigenvalue weighted by molar-refractivity contribution is -0.124. The number of hydrogen-bond acceptors (Lipinski definition) is 4. The summed E-state index contributed by atoms with van der Waals surface area (Å²) in [6.07, 6.45) is 1.76. The van der Waals surface area contributed by atoms with Crippen LogP contribution in [0.25, 0.3) is 0 Å². The number of carbonyl (C=O) groups is 1. The van der Waals surface area contributed by atoms with Crippen LogP contribution in [-0.4, -0.2) is 36.4 Å². The molecule has 0 spiro atoms. The standard InChI is InChI=1S/C12H20N4O/c1-9(12(17)14-2)7-16(3)8-10-4-5-11(13)15-6-10/h4-6,9H,7-8H2,1-3H3,(H2,13,15)(H,14,17). The molecule has 94 valence electrons. The first-order valence-electron chi connectivity index (χ1n) is 5.63. The van der Waals surface area contributed by atoms with Gasteiger partial charge in [0.05, 0.1) is 0 Å². The summed E-state index contributed by atoms with van der Waals surface area (Å²) in [6.45, 7) is 3.38. The van der Waals surface area contributed by atoms with Crippen LogP contribution in [0.4, 0.5) is 5.82 Å². The van der Waals surface area contributed by atoms with E-state index in [1.165, 1.54) is 0 Å². The van der Waals surface area contributed by atoms with Gasteiger partial charge in [0.2, 0.25) is 5.91 Å². The molecular weight excluding hydrogens is 216 g/mol. The van der Waals surface area contributed by atoms with Crippen molar-refractivity contribution in [1.82, 2.24) is 15.2 Å². The van der Waals surface area contributed by atoms with E-state index in [0.29, 0.717) is 12.4 Å². The van der Waals surface area contributed by atoms with Crippen LogP contribution in [0.1, 0.15) is 12.5 Å². The van der Waals surface area contributed by atoms with E-state index in [4.69, 9.17) is 5.73 Å². The Labute approximate surface area is 102 Å². The summed E-state index contributed by atoms with van der Waals surface area (Å²) in [6, 6.07) is 3.73. The third-order valence-electron chi connectivity index (χ3n) is 2.58. The molecule has 1 atom stereocenters. The lowest BCUT2D eigenvalue weighted by Gasteiger charge is -2.20. The maximum Gasteiger partial charge on any atom is 0.223 e. The zero-order valence-corrected chi connectivity index (χ0v) is 10.6. The van der Waals surface area contributed by atoms with E-state index in [2.05, 4.69) is 15.2 Å². The van der Waals surface area contributed by atoms with Gasteiger partial charge < -0.3 is 16.0 Å². The van der Waals surface area contributed by atoms with Crippen molar-refractivity contribution in [2.75, 3.05) is 26.4 Å². The van der Waals surface area contributed by atoms with Crippen molar-refractivity contribution < 1.29 is 4.79 Å². The number of nitrogens with two attached hydrogens (primary N) is 1. The van der Waals surface area contributed by atoms with Crippen molar-refractivity contribution in [1.29, 1.82) is 0 Å². The number of carbonyl (C=O) groups excluding carboxylic acids is 1. The number of amides is 1. The monoisotopic (exact) mass is 236 g/mol. The Kier molecular flexibility index (Phi) is 4.90. The molecule has 0 aromatic carbocycles. The topological polar surface area (TPSA) is 71.2 Å². The number of anilines is 1. The van der Waals surface area contributed by atoms with Crippen molar-refractivity contribution in [3.05, 3.63) is 23.9 Å². The summed E-state index contributed by atoms with van der Waals surface area (Å²) in [7, 11) is 3.64. The largest absolute Gasteiger partial charge is 0.384 e. The lowest BCUT2D eigenvalue weighted by Crippen LogP contribution is -2.34. The van der Waals surface area contributed by atoms with Gasteiger partial charge in [0.15, 0.2) is 0 Å². The van der Waals surface area contributed by atoms with Crippen LogP contribution in [0, 0.1) is 5.92 Å². The van der Waals surface area contributed by atoms with Crippen LogP contribution in [0.5, 0.6) is 0 Å². The quantitative estimate of drug-likeness (QED) is 0.780. The molecule has 0 aliphatic carbocycles. The minimum absolute atomic E-state index is 0.0215. The minimum atomic E-state index is -0.0215. The fraction of sp³-hybridized carbons (Fsp3) is 0.500. The zero-order chi connectivity index (χ0) is 12.8. The Balaban J connectivity index is 2.46. The number of nitrogens with zero attached hydrogens (tertiary/aromatic N) is 2. The van der Waals surface area contributed by atoms with Crippen LogP contribution >= 0.6 is 0 Å². The second kappa shape index (κ2) is 6.20. The summed E-state index contributed by atoms with van der Waals surface area (Å²) >= 11 is 0. The molecule has 0 aliphatic rings. The fourth-order valence-corrected chi connectivity index (χ4v) is 1.70. The first-order chi connectivity index (χ1) is 8.02. The van der Waals surface area contributed by atoms with E-state index < -0.39 is 0 Å². The first kappa shape index (κ1) is 13.4. The second-order valence-electron chi connectivity index (χ2n) is 4.30. The van der Waals surface area contributed by atoms with Gasteiger partial charge in [-0.1, -0.05) is 13.0 Å². The number of nitrogen functional groups attached to an aromatic ring is 1. The molecule has 1 aromatic rings. The van der Waals surface area contributed by atoms with Gasteiger partial charge in [-0.25, -0.2) is 4.98 Å². The van der Waals surface area contributed by atoms with E-state index in [-0.39, 0.29) is 11.8 Å². The third-order valence-corrected chi connectivity index (χ3v) is 2.58. The molecule has 1 rings (SSSR count). The predicted octanol–water partition coefficient (Wildman–Crippen LogP) is 0.478. The average Bonchev–Trinajstić information content (AvgIpc) is 2.30. The smallest absolute Gasteiger partial charge is 0.223 e. The number of nitrogens with one attached hydrogen (secondary N) is 1. The van der Waals surface area contributed by atoms with E-state index in [1.54, 1.807) is 19.3 Å².